The molecule has 3 aliphatic heterocycles. The van der Waals surface area contributed by atoms with E-state index >= 15 is 0 Å². The minimum atomic E-state index is -1.18. The van der Waals surface area contributed by atoms with Gasteiger partial charge in [0.1, 0.15) is 11.6 Å². The number of para-hydroxylation sites is 1. The Morgan fingerprint density at radius 2 is 1.82 bits per heavy atom. The molecule has 3 amide bonds. The molecule has 7 atom stereocenters. The molecule has 0 saturated carbocycles. The molecular formula is C31H43N3O5. The molecule has 0 radical (unpaired) electrons. The lowest BCUT2D eigenvalue weighted by molar-refractivity contribution is -0.153. The molecule has 0 aliphatic carbocycles. The molecule has 4 rings (SSSR count). The number of rotatable bonds is 10. The number of nitrogens with zero attached hydrogens (tertiary/aromatic N) is 3. The molecule has 39 heavy (non-hydrogen) atoms. The van der Waals surface area contributed by atoms with Gasteiger partial charge in [-0.25, -0.2) is 0 Å². The van der Waals surface area contributed by atoms with Crippen LogP contribution in [0.2, 0.25) is 0 Å². The molecule has 1 N–H and O–H groups in total. The number of ether oxygens (including phenoxy) is 1. The molecular weight excluding hydrogens is 494 g/mol. The number of benzene rings is 1. The van der Waals surface area contributed by atoms with E-state index in [9.17, 15) is 19.5 Å². The highest BCUT2D eigenvalue weighted by Gasteiger charge is 2.80. The van der Waals surface area contributed by atoms with E-state index in [1.54, 1.807) is 33.9 Å². The largest absolute Gasteiger partial charge is 0.394 e. The van der Waals surface area contributed by atoms with E-state index in [-0.39, 0.29) is 36.8 Å². The third kappa shape index (κ3) is 4.14. The maximum atomic E-state index is 14.8. The number of aliphatic hydroxyl groups is 1. The first kappa shape index (κ1) is 29.0. The molecule has 3 heterocycles. The van der Waals surface area contributed by atoms with Gasteiger partial charge in [0, 0.05) is 25.8 Å². The van der Waals surface area contributed by atoms with Gasteiger partial charge in [0.15, 0.2) is 0 Å². The van der Waals surface area contributed by atoms with Crippen LogP contribution in [0.4, 0.5) is 5.69 Å². The summed E-state index contributed by atoms with van der Waals surface area (Å²) in [6.07, 6.45) is 4.26. The van der Waals surface area contributed by atoms with Crippen molar-refractivity contribution in [3.8, 4) is 0 Å². The van der Waals surface area contributed by atoms with Crippen LogP contribution in [0, 0.1) is 31.6 Å². The number of fused-ring (bicyclic) bond motifs is 1. The SMILES string of the molecule is C=CCN(C)C(=O)[C@@H]1[C@H]2C(=O)N([C@@H](CC)CO)C(C(=O)N(CC=C)c3c(C)cccc3C)C23CC(C)[C@@]1(C)O3. The first-order chi connectivity index (χ1) is 18.4. The van der Waals surface area contributed by atoms with Crippen LogP contribution in [0.5, 0.6) is 0 Å². The van der Waals surface area contributed by atoms with E-state index in [0.29, 0.717) is 19.4 Å². The molecule has 212 valence electrons. The van der Waals surface area contributed by atoms with Gasteiger partial charge in [0.25, 0.3) is 5.91 Å². The highest BCUT2D eigenvalue weighted by molar-refractivity contribution is 6.06. The van der Waals surface area contributed by atoms with Crippen molar-refractivity contribution < 1.29 is 24.2 Å². The predicted molar refractivity (Wildman–Crippen MR) is 151 cm³/mol. The monoisotopic (exact) mass is 537 g/mol. The van der Waals surface area contributed by atoms with Crippen LogP contribution < -0.4 is 4.90 Å². The topological polar surface area (TPSA) is 90.4 Å². The second kappa shape index (κ2) is 10.5. The molecule has 0 aromatic heterocycles. The summed E-state index contributed by atoms with van der Waals surface area (Å²) >= 11 is 0. The fraction of sp³-hybridized carbons (Fsp3) is 0.581. The standard InChI is InChI=1S/C31H43N3O5/c1-9-15-32(8)27(36)23-24-28(37)34(22(11-3)18-35)26(31(24)17-21(6)30(23,7)39-31)29(38)33(16-10-2)25-19(4)13-12-14-20(25)5/h9-10,12-14,21-24,26,35H,1-2,11,15-18H2,3-8H3/t21?,22-,23-,24-,26?,30+,31?/m0/s1. The van der Waals surface area contributed by atoms with E-state index in [1.807, 2.05) is 52.8 Å². The zero-order chi connectivity index (χ0) is 28.9. The first-order valence-corrected chi connectivity index (χ1v) is 13.9. The van der Waals surface area contributed by atoms with Crippen molar-refractivity contribution in [3.05, 3.63) is 54.6 Å². The number of anilines is 1. The normalized spacial score (nSPS) is 31.7. The molecule has 1 spiro atoms. The zero-order valence-corrected chi connectivity index (χ0v) is 24.1. The third-order valence-corrected chi connectivity index (χ3v) is 9.39. The molecule has 8 nitrogen and oxygen atoms in total. The van der Waals surface area contributed by atoms with Crippen molar-refractivity contribution in [2.75, 3.05) is 31.6 Å². The number of aliphatic hydroxyl groups excluding tert-OH is 1. The Kier molecular flexibility index (Phi) is 7.85. The van der Waals surface area contributed by atoms with E-state index in [1.165, 1.54) is 0 Å². The average Bonchev–Trinajstić information content (AvgIpc) is 3.40. The van der Waals surface area contributed by atoms with Gasteiger partial charge in [-0.2, -0.15) is 0 Å². The Bertz CT molecular complexity index is 1160. The minimum Gasteiger partial charge on any atom is -0.394 e. The van der Waals surface area contributed by atoms with Crippen LogP contribution in [0.25, 0.3) is 0 Å². The summed E-state index contributed by atoms with van der Waals surface area (Å²) < 4.78 is 6.85. The summed E-state index contributed by atoms with van der Waals surface area (Å²) in [4.78, 5) is 47.9. The van der Waals surface area contributed by atoms with Crippen LogP contribution in [0.3, 0.4) is 0 Å². The summed E-state index contributed by atoms with van der Waals surface area (Å²) in [5.41, 5.74) is 0.550. The van der Waals surface area contributed by atoms with Gasteiger partial charge in [-0.1, -0.05) is 44.2 Å². The van der Waals surface area contributed by atoms with Gasteiger partial charge in [-0.15, -0.1) is 13.2 Å². The number of likely N-dealkylation sites (N-methyl/N-ethyl adjacent to an activating group) is 1. The molecule has 1 aromatic carbocycles. The molecule has 3 saturated heterocycles. The van der Waals surface area contributed by atoms with E-state index in [2.05, 4.69) is 13.2 Å². The predicted octanol–water partition coefficient (Wildman–Crippen LogP) is 3.25. The lowest BCUT2D eigenvalue weighted by Crippen LogP contribution is -2.59. The second-order valence-electron chi connectivity index (χ2n) is 11.7. The maximum Gasteiger partial charge on any atom is 0.253 e. The fourth-order valence-corrected chi connectivity index (χ4v) is 7.46. The van der Waals surface area contributed by atoms with E-state index in [4.69, 9.17) is 4.74 Å². The van der Waals surface area contributed by atoms with Crippen LogP contribution >= 0.6 is 0 Å². The zero-order valence-electron chi connectivity index (χ0n) is 24.1. The molecule has 3 fully saturated rings. The summed E-state index contributed by atoms with van der Waals surface area (Å²) in [5, 5.41) is 10.4. The lowest BCUT2D eigenvalue weighted by Gasteiger charge is -2.40. The van der Waals surface area contributed by atoms with Crippen molar-refractivity contribution in [1.29, 1.82) is 0 Å². The lowest BCUT2D eigenvalue weighted by atomic mass is 9.62. The highest BCUT2D eigenvalue weighted by Crippen LogP contribution is 2.66. The maximum absolute atomic E-state index is 14.8. The Labute approximate surface area is 232 Å². The van der Waals surface area contributed by atoms with Gasteiger partial charge in [0.05, 0.1) is 30.1 Å². The Balaban J connectivity index is 1.91. The van der Waals surface area contributed by atoms with Crippen molar-refractivity contribution >= 4 is 23.4 Å². The van der Waals surface area contributed by atoms with Crippen molar-refractivity contribution in [3.63, 3.8) is 0 Å². The number of carbonyl (C=O) groups is 3. The quantitative estimate of drug-likeness (QED) is 0.463. The molecule has 2 bridgehead atoms. The number of aryl methyl sites for hydroxylation is 2. The molecule has 1 aromatic rings. The van der Waals surface area contributed by atoms with Crippen LogP contribution in [0.15, 0.2) is 43.5 Å². The van der Waals surface area contributed by atoms with Crippen LogP contribution in [0.1, 0.15) is 44.7 Å². The number of likely N-dealkylation sites (tertiary alicyclic amines) is 1. The number of carbonyl (C=O) groups excluding carboxylic acids is 3. The summed E-state index contributed by atoms with van der Waals surface area (Å²) in [5.74, 6) is -2.40. The Morgan fingerprint density at radius 3 is 2.36 bits per heavy atom. The molecule has 3 unspecified atom stereocenters. The minimum absolute atomic E-state index is 0.0647. The summed E-state index contributed by atoms with van der Waals surface area (Å²) in [6, 6.07) is 4.29. The Morgan fingerprint density at radius 1 is 1.21 bits per heavy atom. The van der Waals surface area contributed by atoms with Gasteiger partial charge in [-0.3, -0.25) is 14.4 Å². The second-order valence-corrected chi connectivity index (χ2v) is 11.7. The van der Waals surface area contributed by atoms with Gasteiger partial charge in [-0.05, 0) is 50.7 Å². The van der Waals surface area contributed by atoms with Crippen LogP contribution in [-0.4, -0.2) is 82.7 Å². The van der Waals surface area contributed by atoms with E-state index in [0.717, 1.165) is 16.8 Å². The van der Waals surface area contributed by atoms with Gasteiger partial charge >= 0.3 is 0 Å². The van der Waals surface area contributed by atoms with Gasteiger partial charge < -0.3 is 24.5 Å². The summed E-state index contributed by atoms with van der Waals surface area (Å²) in [6.45, 7) is 17.7. The number of hydrogen-bond acceptors (Lipinski definition) is 5. The average molecular weight is 538 g/mol. The first-order valence-electron chi connectivity index (χ1n) is 13.9. The smallest absolute Gasteiger partial charge is 0.253 e. The van der Waals surface area contributed by atoms with Gasteiger partial charge in [0.2, 0.25) is 11.8 Å². The number of amides is 3. The molecule has 3 aliphatic rings. The van der Waals surface area contributed by atoms with Crippen LogP contribution in [-0.2, 0) is 19.1 Å². The fourth-order valence-electron chi connectivity index (χ4n) is 7.46. The van der Waals surface area contributed by atoms with Crippen molar-refractivity contribution in [2.45, 2.75) is 70.7 Å². The summed E-state index contributed by atoms with van der Waals surface area (Å²) in [7, 11) is 1.70. The van der Waals surface area contributed by atoms with Crippen molar-refractivity contribution in [2.24, 2.45) is 17.8 Å². The van der Waals surface area contributed by atoms with Crippen molar-refractivity contribution in [1.82, 2.24) is 9.80 Å². The highest BCUT2D eigenvalue weighted by atomic mass is 16.5. The Hall–Kier alpha value is -2.97. The molecule has 8 heteroatoms. The number of hydrogen-bond donors (Lipinski definition) is 1. The third-order valence-electron chi connectivity index (χ3n) is 9.39. The van der Waals surface area contributed by atoms with E-state index < -0.39 is 35.1 Å².